The fourth-order valence-corrected chi connectivity index (χ4v) is 2.01. The molecule has 0 aliphatic carbocycles. The second-order valence-electron chi connectivity index (χ2n) is 5.32. The van der Waals surface area contributed by atoms with Crippen molar-refractivity contribution >= 4 is 0 Å². The van der Waals surface area contributed by atoms with Gasteiger partial charge in [0.1, 0.15) is 12.2 Å². The van der Waals surface area contributed by atoms with Crippen LogP contribution in [0.1, 0.15) is 20.8 Å². The van der Waals surface area contributed by atoms with Gasteiger partial charge in [-0.2, -0.15) is 0 Å². The highest BCUT2D eigenvalue weighted by atomic mass is 16.5. The summed E-state index contributed by atoms with van der Waals surface area (Å²) in [5.74, 6) is 0. The van der Waals surface area contributed by atoms with E-state index in [9.17, 15) is 10.2 Å². The molecule has 17 heavy (non-hydrogen) atoms. The van der Waals surface area contributed by atoms with Crippen molar-refractivity contribution in [2.75, 3.05) is 6.61 Å². The predicted octanol–water partition coefficient (Wildman–Crippen LogP) is 0.193. The van der Waals surface area contributed by atoms with Crippen LogP contribution < -0.4 is 0 Å². The van der Waals surface area contributed by atoms with Crippen LogP contribution in [0.25, 0.3) is 10.4 Å². The summed E-state index contributed by atoms with van der Waals surface area (Å²) in [5.41, 5.74) is 8.11. The topological polar surface area (TPSA) is 119 Å². The van der Waals surface area contributed by atoms with Gasteiger partial charge in [-0.15, -0.1) is 0 Å². The fourth-order valence-electron chi connectivity index (χ4n) is 2.01. The standard InChI is InChI=1S/C10H19N3O4/c1-10(2,3)9-6(12-13-11)8(16)7(15)5(4-14)17-9/h5-9,14-16H,4H2,1-3H3/t5-,6-,7+,8-,9-/m1/s1. The minimum Gasteiger partial charge on any atom is -0.394 e. The molecule has 0 unspecified atom stereocenters. The molecule has 5 atom stereocenters. The number of aliphatic hydroxyl groups excluding tert-OH is 3. The van der Waals surface area contributed by atoms with E-state index in [-0.39, 0.29) is 5.41 Å². The molecule has 1 rings (SSSR count). The molecule has 7 nitrogen and oxygen atoms in total. The van der Waals surface area contributed by atoms with Gasteiger partial charge in [-0.25, -0.2) is 0 Å². The fraction of sp³-hybridized carbons (Fsp3) is 1.00. The van der Waals surface area contributed by atoms with E-state index in [1.807, 2.05) is 20.8 Å². The summed E-state index contributed by atoms with van der Waals surface area (Å²) in [7, 11) is 0. The van der Waals surface area contributed by atoms with Crippen LogP contribution in [-0.4, -0.2) is 52.4 Å². The predicted molar refractivity (Wildman–Crippen MR) is 60.1 cm³/mol. The largest absolute Gasteiger partial charge is 0.394 e. The first kappa shape index (κ1) is 14.2. The molecule has 0 aromatic carbocycles. The highest BCUT2D eigenvalue weighted by molar-refractivity contribution is 5.00. The van der Waals surface area contributed by atoms with Gasteiger partial charge in [0.15, 0.2) is 0 Å². The highest BCUT2D eigenvalue weighted by Crippen LogP contribution is 2.34. The molecular formula is C10H19N3O4. The van der Waals surface area contributed by atoms with Crippen LogP contribution in [0.5, 0.6) is 0 Å². The van der Waals surface area contributed by atoms with Gasteiger partial charge in [0.2, 0.25) is 0 Å². The minimum absolute atomic E-state index is 0.382. The molecule has 98 valence electrons. The van der Waals surface area contributed by atoms with E-state index in [2.05, 4.69) is 10.0 Å². The van der Waals surface area contributed by atoms with E-state index in [1.165, 1.54) is 0 Å². The first-order valence-electron chi connectivity index (χ1n) is 5.49. The van der Waals surface area contributed by atoms with Crippen LogP contribution in [0.3, 0.4) is 0 Å². The smallest absolute Gasteiger partial charge is 0.109 e. The van der Waals surface area contributed by atoms with Gasteiger partial charge in [-0.3, -0.25) is 0 Å². The molecule has 0 radical (unpaired) electrons. The molecule has 0 bridgehead atoms. The van der Waals surface area contributed by atoms with Crippen LogP contribution in [-0.2, 0) is 4.74 Å². The number of aliphatic hydroxyl groups is 3. The molecule has 1 saturated heterocycles. The van der Waals surface area contributed by atoms with Gasteiger partial charge >= 0.3 is 0 Å². The lowest BCUT2D eigenvalue weighted by Gasteiger charge is -2.45. The van der Waals surface area contributed by atoms with Crippen molar-refractivity contribution in [3.8, 4) is 0 Å². The molecule has 1 heterocycles. The van der Waals surface area contributed by atoms with E-state index in [0.717, 1.165) is 0 Å². The van der Waals surface area contributed by atoms with Crippen molar-refractivity contribution in [1.82, 2.24) is 0 Å². The van der Waals surface area contributed by atoms with Crippen LogP contribution in [0, 0.1) is 5.41 Å². The summed E-state index contributed by atoms with van der Waals surface area (Å²) in [6.07, 6.45) is -3.91. The van der Waals surface area contributed by atoms with Gasteiger partial charge in [-0.1, -0.05) is 25.9 Å². The Bertz CT molecular complexity index is 311. The van der Waals surface area contributed by atoms with Crippen molar-refractivity contribution in [2.24, 2.45) is 10.5 Å². The third-order valence-electron chi connectivity index (χ3n) is 2.93. The van der Waals surface area contributed by atoms with E-state index in [0.29, 0.717) is 0 Å². The zero-order valence-corrected chi connectivity index (χ0v) is 10.2. The van der Waals surface area contributed by atoms with E-state index in [1.54, 1.807) is 0 Å². The normalized spacial score (nSPS) is 38.6. The summed E-state index contributed by atoms with van der Waals surface area (Å²) in [4.78, 5) is 2.67. The van der Waals surface area contributed by atoms with E-state index < -0.39 is 37.1 Å². The Morgan fingerprint density at radius 1 is 1.29 bits per heavy atom. The van der Waals surface area contributed by atoms with Gasteiger partial charge in [-0.05, 0) is 10.9 Å². The number of azide groups is 1. The Morgan fingerprint density at radius 3 is 2.29 bits per heavy atom. The number of hydrogen-bond acceptors (Lipinski definition) is 5. The molecule has 0 amide bonds. The first-order chi connectivity index (χ1) is 7.82. The molecule has 0 spiro atoms. The lowest BCUT2D eigenvalue weighted by molar-refractivity contribution is -0.211. The molecule has 0 saturated carbocycles. The summed E-state index contributed by atoms with van der Waals surface area (Å²) in [6.45, 7) is 5.22. The summed E-state index contributed by atoms with van der Waals surface area (Å²) in [6, 6.07) is -0.863. The maximum absolute atomic E-state index is 9.90. The van der Waals surface area contributed by atoms with Crippen molar-refractivity contribution in [1.29, 1.82) is 0 Å². The average molecular weight is 245 g/mol. The maximum atomic E-state index is 9.90. The summed E-state index contributed by atoms with van der Waals surface area (Å²) in [5, 5.41) is 32.2. The molecule has 1 aliphatic heterocycles. The summed E-state index contributed by atoms with van der Waals surface area (Å²) >= 11 is 0. The lowest BCUT2D eigenvalue weighted by Crippen LogP contribution is -2.60. The SMILES string of the molecule is CC(C)(C)[C@@H]1O[C@H](CO)[C@H](O)[C@H](O)[C@H]1N=[N+]=[N-]. The third-order valence-corrected chi connectivity index (χ3v) is 2.93. The Hall–Kier alpha value is -0.850. The maximum Gasteiger partial charge on any atom is 0.109 e. The number of ether oxygens (including phenoxy) is 1. The van der Waals surface area contributed by atoms with Gasteiger partial charge in [0.05, 0.1) is 24.9 Å². The third kappa shape index (κ3) is 2.88. The highest BCUT2D eigenvalue weighted by Gasteiger charge is 2.47. The van der Waals surface area contributed by atoms with Gasteiger partial charge in [0, 0.05) is 4.91 Å². The van der Waals surface area contributed by atoms with E-state index >= 15 is 0 Å². The first-order valence-corrected chi connectivity index (χ1v) is 5.49. The van der Waals surface area contributed by atoms with Crippen molar-refractivity contribution in [2.45, 2.75) is 51.2 Å². The zero-order chi connectivity index (χ0) is 13.2. The monoisotopic (exact) mass is 245 g/mol. The van der Waals surface area contributed by atoms with Gasteiger partial charge in [0.25, 0.3) is 0 Å². The van der Waals surface area contributed by atoms with Crippen molar-refractivity contribution < 1.29 is 20.1 Å². The molecule has 7 heteroatoms. The number of rotatable bonds is 2. The average Bonchev–Trinajstić information content (AvgIpc) is 2.24. The van der Waals surface area contributed by atoms with E-state index in [4.69, 9.17) is 15.4 Å². The van der Waals surface area contributed by atoms with Crippen LogP contribution >= 0.6 is 0 Å². The Morgan fingerprint density at radius 2 is 1.88 bits per heavy atom. The quantitative estimate of drug-likeness (QED) is 0.365. The molecule has 0 aromatic heterocycles. The number of hydrogen-bond donors (Lipinski definition) is 3. The Balaban J connectivity index is 3.03. The molecule has 3 N–H and O–H groups in total. The molecular weight excluding hydrogens is 226 g/mol. The van der Waals surface area contributed by atoms with Crippen LogP contribution in [0.4, 0.5) is 0 Å². The summed E-state index contributed by atoms with van der Waals surface area (Å²) < 4.78 is 5.52. The second-order valence-corrected chi connectivity index (χ2v) is 5.32. The minimum atomic E-state index is -1.26. The van der Waals surface area contributed by atoms with Crippen molar-refractivity contribution in [3.05, 3.63) is 10.4 Å². The van der Waals surface area contributed by atoms with Crippen LogP contribution in [0.2, 0.25) is 0 Å². The Labute approximate surface area is 99.6 Å². The second kappa shape index (κ2) is 5.20. The Kier molecular flexibility index (Phi) is 4.35. The molecule has 0 aromatic rings. The van der Waals surface area contributed by atoms with Gasteiger partial charge < -0.3 is 20.1 Å². The molecule has 1 fully saturated rings. The van der Waals surface area contributed by atoms with Crippen molar-refractivity contribution in [3.63, 3.8) is 0 Å². The van der Waals surface area contributed by atoms with Crippen LogP contribution in [0.15, 0.2) is 5.11 Å². The lowest BCUT2D eigenvalue weighted by atomic mass is 9.79. The molecule has 1 aliphatic rings. The zero-order valence-electron chi connectivity index (χ0n) is 10.2. The number of nitrogens with zero attached hydrogens (tertiary/aromatic N) is 3.